The molecule has 0 saturated heterocycles. The normalized spacial score (nSPS) is 16.4. The molecule has 2 N–H and O–H groups in total. The first kappa shape index (κ1) is 16.3. The van der Waals surface area contributed by atoms with Crippen molar-refractivity contribution < 1.29 is 14.3 Å². The fourth-order valence-corrected chi connectivity index (χ4v) is 2.73. The molecule has 0 fully saturated rings. The summed E-state index contributed by atoms with van der Waals surface area (Å²) in [7, 11) is 3.20. The molecular formula is C16H21N5O3. The first-order valence-electron chi connectivity index (χ1n) is 7.73. The Morgan fingerprint density at radius 3 is 2.96 bits per heavy atom. The molecule has 0 bridgehead atoms. The number of hydrogen-bond acceptors (Lipinski definition) is 6. The van der Waals surface area contributed by atoms with E-state index in [1.54, 1.807) is 20.3 Å². The van der Waals surface area contributed by atoms with E-state index >= 15 is 0 Å². The second kappa shape index (κ2) is 6.88. The van der Waals surface area contributed by atoms with Crippen molar-refractivity contribution in [2.45, 2.75) is 32.6 Å². The third kappa shape index (κ3) is 3.18. The Labute approximate surface area is 140 Å². The molecule has 2 aromatic rings. The second-order valence-electron chi connectivity index (χ2n) is 5.60. The maximum absolute atomic E-state index is 12.4. The van der Waals surface area contributed by atoms with Crippen LogP contribution >= 0.6 is 0 Å². The van der Waals surface area contributed by atoms with Crippen LogP contribution in [0, 0.1) is 6.92 Å². The van der Waals surface area contributed by atoms with Crippen LogP contribution in [0.5, 0.6) is 11.5 Å². The molecule has 0 spiro atoms. The summed E-state index contributed by atoms with van der Waals surface area (Å²) >= 11 is 0. The Morgan fingerprint density at radius 2 is 2.21 bits per heavy atom. The maximum atomic E-state index is 12.4. The first-order chi connectivity index (χ1) is 11.6. The van der Waals surface area contributed by atoms with E-state index in [0.29, 0.717) is 31.1 Å². The highest BCUT2D eigenvalue weighted by atomic mass is 16.5. The Hall–Kier alpha value is -2.61. The van der Waals surface area contributed by atoms with Crippen molar-refractivity contribution in [3.05, 3.63) is 35.4 Å². The van der Waals surface area contributed by atoms with Gasteiger partial charge in [-0.05, 0) is 19.1 Å². The Bertz CT molecular complexity index is 743. The zero-order valence-corrected chi connectivity index (χ0v) is 14.0. The van der Waals surface area contributed by atoms with E-state index in [1.807, 2.05) is 23.6 Å². The number of nitrogens with zero attached hydrogens (tertiary/aromatic N) is 3. The summed E-state index contributed by atoms with van der Waals surface area (Å²) in [6.45, 7) is 3.34. The molecule has 0 radical (unpaired) electrons. The van der Waals surface area contributed by atoms with Crippen LogP contribution in [0.4, 0.5) is 0 Å². The van der Waals surface area contributed by atoms with Gasteiger partial charge in [0.25, 0.3) is 0 Å². The average molecular weight is 331 g/mol. The molecule has 1 atom stereocenters. The molecule has 1 unspecified atom stereocenters. The zero-order chi connectivity index (χ0) is 17.1. The van der Waals surface area contributed by atoms with Gasteiger partial charge in [-0.1, -0.05) is 0 Å². The van der Waals surface area contributed by atoms with Gasteiger partial charge in [0.1, 0.15) is 29.2 Å². The van der Waals surface area contributed by atoms with Crippen LogP contribution in [0.2, 0.25) is 0 Å². The minimum atomic E-state index is -0.309. The number of amides is 1. The van der Waals surface area contributed by atoms with Crippen LogP contribution in [-0.2, 0) is 24.4 Å². The lowest BCUT2D eigenvalue weighted by atomic mass is 10.1. The smallest absolute Gasteiger partial charge is 0.239 e. The maximum Gasteiger partial charge on any atom is 0.239 e. The minimum absolute atomic E-state index is 0.0633. The lowest BCUT2D eigenvalue weighted by Crippen LogP contribution is -2.49. The van der Waals surface area contributed by atoms with Gasteiger partial charge in [0, 0.05) is 24.7 Å². The van der Waals surface area contributed by atoms with E-state index in [2.05, 4.69) is 20.8 Å². The molecule has 0 aliphatic carbocycles. The fraction of sp³-hybridized carbons (Fsp3) is 0.438. The third-order valence-electron chi connectivity index (χ3n) is 4.15. The number of benzene rings is 1. The number of carbonyl (C=O) groups is 1. The van der Waals surface area contributed by atoms with Gasteiger partial charge in [0.2, 0.25) is 5.91 Å². The summed E-state index contributed by atoms with van der Waals surface area (Å²) in [5, 5.41) is 14.2. The molecule has 128 valence electrons. The van der Waals surface area contributed by atoms with Crippen LogP contribution in [0.1, 0.15) is 17.2 Å². The highest BCUT2D eigenvalue weighted by molar-refractivity contribution is 5.81. The van der Waals surface area contributed by atoms with Crippen LogP contribution in [0.3, 0.4) is 0 Å². The van der Waals surface area contributed by atoms with Crippen LogP contribution in [-0.4, -0.2) is 40.9 Å². The van der Waals surface area contributed by atoms with Gasteiger partial charge in [0.05, 0.1) is 20.8 Å². The van der Waals surface area contributed by atoms with Gasteiger partial charge >= 0.3 is 0 Å². The number of carbonyl (C=O) groups excluding carboxylic acids is 1. The van der Waals surface area contributed by atoms with Crippen LogP contribution < -0.4 is 20.1 Å². The molecule has 1 aliphatic rings. The van der Waals surface area contributed by atoms with E-state index in [4.69, 9.17) is 9.47 Å². The molecule has 1 amide bonds. The third-order valence-corrected chi connectivity index (χ3v) is 4.15. The van der Waals surface area contributed by atoms with Crippen molar-refractivity contribution >= 4 is 5.91 Å². The Morgan fingerprint density at radius 1 is 1.38 bits per heavy atom. The minimum Gasteiger partial charge on any atom is -0.497 e. The summed E-state index contributed by atoms with van der Waals surface area (Å²) < 4.78 is 12.5. The molecule has 0 saturated carbocycles. The van der Waals surface area contributed by atoms with Crippen molar-refractivity contribution in [2.24, 2.45) is 0 Å². The number of fused-ring (bicyclic) bond motifs is 1. The molecular weight excluding hydrogens is 310 g/mol. The summed E-state index contributed by atoms with van der Waals surface area (Å²) in [5.41, 5.74) is 0.892. The number of aryl methyl sites for hydroxylation is 1. The van der Waals surface area contributed by atoms with Gasteiger partial charge in [-0.15, -0.1) is 10.2 Å². The topological polar surface area (TPSA) is 90.3 Å². The van der Waals surface area contributed by atoms with Crippen LogP contribution in [0.15, 0.2) is 18.2 Å². The molecule has 2 heterocycles. The number of rotatable bonds is 5. The highest BCUT2D eigenvalue weighted by Crippen LogP contribution is 2.24. The Kier molecular flexibility index (Phi) is 4.66. The van der Waals surface area contributed by atoms with Crippen molar-refractivity contribution in [2.75, 3.05) is 14.2 Å². The number of nitrogens with one attached hydrogen (secondary N) is 2. The molecule has 1 aromatic heterocycles. The number of ether oxygens (including phenoxy) is 2. The lowest BCUT2D eigenvalue weighted by Gasteiger charge is -2.24. The largest absolute Gasteiger partial charge is 0.497 e. The zero-order valence-electron chi connectivity index (χ0n) is 14.0. The molecule has 1 aliphatic heterocycles. The standard InChI is InChI=1S/C16H21N5O3/c1-10-19-20-15-8-17-13(9-21(10)15)16(22)18-7-11-4-5-12(23-2)6-14(11)24-3/h4-6,13,17H,7-9H2,1-3H3,(H,18,22). The summed E-state index contributed by atoms with van der Waals surface area (Å²) in [4.78, 5) is 12.4. The second-order valence-corrected chi connectivity index (χ2v) is 5.60. The van der Waals surface area contributed by atoms with Gasteiger partial charge < -0.3 is 19.4 Å². The van der Waals surface area contributed by atoms with E-state index < -0.39 is 0 Å². The van der Waals surface area contributed by atoms with Gasteiger partial charge in [-0.25, -0.2) is 0 Å². The molecule has 24 heavy (non-hydrogen) atoms. The van der Waals surface area contributed by atoms with Crippen molar-refractivity contribution in [3.63, 3.8) is 0 Å². The average Bonchev–Trinajstić information content (AvgIpc) is 3.00. The van der Waals surface area contributed by atoms with Gasteiger partial charge in [0.15, 0.2) is 0 Å². The van der Waals surface area contributed by atoms with E-state index in [1.165, 1.54) is 0 Å². The number of aromatic nitrogens is 3. The number of methoxy groups -OCH3 is 2. The predicted molar refractivity (Wildman–Crippen MR) is 86.8 cm³/mol. The van der Waals surface area contributed by atoms with Crippen molar-refractivity contribution in [1.82, 2.24) is 25.4 Å². The molecule has 8 heteroatoms. The highest BCUT2D eigenvalue weighted by Gasteiger charge is 2.26. The van der Waals surface area contributed by atoms with Gasteiger partial charge in [-0.3, -0.25) is 10.1 Å². The molecule has 1 aromatic carbocycles. The first-order valence-corrected chi connectivity index (χ1v) is 7.73. The predicted octanol–water partition coefficient (Wildman–Crippen LogP) is 0.392. The summed E-state index contributed by atoms with van der Waals surface area (Å²) in [6.07, 6.45) is 0. The molecule has 8 nitrogen and oxygen atoms in total. The summed E-state index contributed by atoms with van der Waals surface area (Å²) in [6, 6.07) is 5.22. The van der Waals surface area contributed by atoms with E-state index in [-0.39, 0.29) is 11.9 Å². The summed E-state index contributed by atoms with van der Waals surface area (Å²) in [5.74, 6) is 3.01. The van der Waals surface area contributed by atoms with Crippen LogP contribution in [0.25, 0.3) is 0 Å². The number of hydrogen-bond donors (Lipinski definition) is 2. The van der Waals surface area contributed by atoms with Gasteiger partial charge in [-0.2, -0.15) is 0 Å². The monoisotopic (exact) mass is 331 g/mol. The van der Waals surface area contributed by atoms with E-state index in [0.717, 1.165) is 17.2 Å². The quantitative estimate of drug-likeness (QED) is 0.824. The lowest BCUT2D eigenvalue weighted by molar-refractivity contribution is -0.124. The van der Waals surface area contributed by atoms with Crippen molar-refractivity contribution in [1.29, 1.82) is 0 Å². The SMILES string of the molecule is COc1ccc(CNC(=O)C2Cn3c(C)nnc3CN2)c(OC)c1. The van der Waals surface area contributed by atoms with E-state index in [9.17, 15) is 4.79 Å². The molecule has 3 rings (SSSR count). The fourth-order valence-electron chi connectivity index (χ4n) is 2.73. The Balaban J connectivity index is 1.63. The van der Waals surface area contributed by atoms with Crippen molar-refractivity contribution in [3.8, 4) is 11.5 Å².